The van der Waals surface area contributed by atoms with Crippen LogP contribution < -0.4 is 5.73 Å². The van der Waals surface area contributed by atoms with E-state index in [0.29, 0.717) is 23.6 Å². The fourth-order valence-corrected chi connectivity index (χ4v) is 3.92. The van der Waals surface area contributed by atoms with Crippen molar-refractivity contribution in [2.24, 2.45) is 28.6 Å². The summed E-state index contributed by atoms with van der Waals surface area (Å²) in [5.41, 5.74) is 5.98. The summed E-state index contributed by atoms with van der Waals surface area (Å²) in [7, 11) is 0. The van der Waals surface area contributed by atoms with E-state index < -0.39 is 0 Å². The molecule has 2 rings (SSSR count). The lowest BCUT2D eigenvalue weighted by molar-refractivity contribution is 0.188. The van der Waals surface area contributed by atoms with Crippen LogP contribution in [0.25, 0.3) is 0 Å². The molecule has 0 aliphatic heterocycles. The van der Waals surface area contributed by atoms with Crippen LogP contribution in [-0.2, 0) is 0 Å². The van der Waals surface area contributed by atoms with Crippen molar-refractivity contribution in [1.29, 1.82) is 0 Å². The molecule has 0 spiro atoms. The Bertz CT molecular complexity index is 235. The van der Waals surface area contributed by atoms with E-state index in [2.05, 4.69) is 5.16 Å². The zero-order chi connectivity index (χ0) is 12.1. The first kappa shape index (κ1) is 12.7. The molecule has 3 heteroatoms. The van der Waals surface area contributed by atoms with Gasteiger partial charge in [0.05, 0.1) is 0 Å². The zero-order valence-electron chi connectivity index (χ0n) is 10.8. The molecular formula is C14H26N2O. The molecule has 0 atom stereocenters. The third-order valence-electron chi connectivity index (χ3n) is 4.77. The maximum atomic E-state index is 9.03. The van der Waals surface area contributed by atoms with Crippen LogP contribution in [0.5, 0.6) is 0 Å². The lowest BCUT2D eigenvalue weighted by atomic mass is 9.69. The fraction of sp³-hybridized carbons (Fsp3) is 0.929. The predicted octanol–water partition coefficient (Wildman–Crippen LogP) is 3.51. The Kier molecular flexibility index (Phi) is 4.69. The first-order chi connectivity index (χ1) is 8.33. The Morgan fingerprint density at radius 3 is 1.65 bits per heavy atom. The van der Waals surface area contributed by atoms with E-state index in [1.807, 2.05) is 0 Å². The van der Waals surface area contributed by atoms with E-state index >= 15 is 0 Å². The van der Waals surface area contributed by atoms with E-state index in [4.69, 9.17) is 10.9 Å². The molecule has 0 unspecified atom stereocenters. The summed E-state index contributed by atoms with van der Waals surface area (Å²) in [6, 6.07) is 0. The molecule has 0 heterocycles. The van der Waals surface area contributed by atoms with E-state index in [-0.39, 0.29) is 0 Å². The van der Waals surface area contributed by atoms with Crippen LogP contribution in [0.1, 0.15) is 64.2 Å². The van der Waals surface area contributed by atoms with E-state index in [1.54, 1.807) is 0 Å². The molecule has 2 fully saturated rings. The summed E-state index contributed by atoms with van der Waals surface area (Å²) >= 11 is 0. The van der Waals surface area contributed by atoms with E-state index in [1.165, 1.54) is 64.2 Å². The molecule has 0 aromatic rings. The van der Waals surface area contributed by atoms with Crippen LogP contribution >= 0.6 is 0 Å². The number of hydrogen-bond donors (Lipinski definition) is 2. The molecule has 98 valence electrons. The van der Waals surface area contributed by atoms with Gasteiger partial charge in [-0.05, 0) is 37.5 Å². The Balaban J connectivity index is 2.05. The smallest absolute Gasteiger partial charge is 0.142 e. The molecule has 3 N–H and O–H groups in total. The molecule has 0 saturated heterocycles. The van der Waals surface area contributed by atoms with E-state index in [0.717, 1.165) is 0 Å². The fourth-order valence-electron chi connectivity index (χ4n) is 3.92. The predicted molar refractivity (Wildman–Crippen MR) is 70.0 cm³/mol. The Morgan fingerprint density at radius 2 is 1.29 bits per heavy atom. The van der Waals surface area contributed by atoms with Gasteiger partial charge in [0.15, 0.2) is 0 Å². The molecule has 2 saturated carbocycles. The molecule has 0 bridgehead atoms. The number of rotatable bonds is 3. The van der Waals surface area contributed by atoms with Gasteiger partial charge in [0.25, 0.3) is 0 Å². The largest absolute Gasteiger partial charge is 0.409 e. The van der Waals surface area contributed by atoms with Crippen molar-refractivity contribution in [2.45, 2.75) is 64.2 Å². The molecule has 17 heavy (non-hydrogen) atoms. The van der Waals surface area contributed by atoms with Gasteiger partial charge in [-0.15, -0.1) is 0 Å². The minimum absolute atomic E-state index is 0.348. The van der Waals surface area contributed by atoms with Crippen LogP contribution in [0.3, 0.4) is 0 Å². The third-order valence-corrected chi connectivity index (χ3v) is 4.77. The molecule has 0 amide bonds. The maximum Gasteiger partial charge on any atom is 0.142 e. The van der Waals surface area contributed by atoms with Gasteiger partial charge in [-0.2, -0.15) is 0 Å². The van der Waals surface area contributed by atoms with Crippen molar-refractivity contribution in [3.8, 4) is 0 Å². The second-order valence-electron chi connectivity index (χ2n) is 5.85. The summed E-state index contributed by atoms with van der Waals surface area (Å²) < 4.78 is 0. The van der Waals surface area contributed by atoms with Gasteiger partial charge in [0.1, 0.15) is 5.84 Å². The normalized spacial score (nSPS) is 25.4. The highest BCUT2D eigenvalue weighted by molar-refractivity contribution is 5.82. The zero-order valence-corrected chi connectivity index (χ0v) is 10.8. The third kappa shape index (κ3) is 3.14. The second kappa shape index (κ2) is 6.27. The molecule has 0 aromatic carbocycles. The highest BCUT2D eigenvalue weighted by Gasteiger charge is 2.34. The summed E-state index contributed by atoms with van der Waals surface area (Å²) in [6.07, 6.45) is 13.1. The Morgan fingerprint density at radius 1 is 0.882 bits per heavy atom. The summed E-state index contributed by atoms with van der Waals surface area (Å²) in [5, 5.41) is 12.4. The Labute approximate surface area is 104 Å². The number of oxime groups is 1. The monoisotopic (exact) mass is 238 g/mol. The molecule has 2 aliphatic carbocycles. The first-order valence-electron chi connectivity index (χ1n) is 7.30. The van der Waals surface area contributed by atoms with Crippen LogP contribution in [0.4, 0.5) is 0 Å². The minimum atomic E-state index is 0.348. The number of nitrogens with two attached hydrogens (primary N) is 1. The van der Waals surface area contributed by atoms with Crippen LogP contribution in [0, 0.1) is 17.8 Å². The van der Waals surface area contributed by atoms with Crippen molar-refractivity contribution < 1.29 is 5.21 Å². The summed E-state index contributed by atoms with van der Waals surface area (Å²) in [5.74, 6) is 2.19. The quantitative estimate of drug-likeness (QED) is 0.342. The van der Waals surface area contributed by atoms with Crippen molar-refractivity contribution in [3.05, 3.63) is 0 Å². The molecule has 3 nitrogen and oxygen atoms in total. The molecule has 0 aromatic heterocycles. The van der Waals surface area contributed by atoms with Gasteiger partial charge in [-0.25, -0.2) is 0 Å². The maximum absolute atomic E-state index is 9.03. The highest BCUT2D eigenvalue weighted by atomic mass is 16.4. The average Bonchev–Trinajstić information content (AvgIpc) is 2.41. The van der Waals surface area contributed by atoms with Gasteiger partial charge < -0.3 is 10.9 Å². The van der Waals surface area contributed by atoms with E-state index in [9.17, 15) is 0 Å². The van der Waals surface area contributed by atoms with Crippen molar-refractivity contribution in [1.82, 2.24) is 0 Å². The van der Waals surface area contributed by atoms with Crippen molar-refractivity contribution >= 4 is 5.84 Å². The first-order valence-corrected chi connectivity index (χ1v) is 7.30. The second-order valence-corrected chi connectivity index (χ2v) is 5.85. The van der Waals surface area contributed by atoms with Crippen molar-refractivity contribution in [2.75, 3.05) is 0 Å². The van der Waals surface area contributed by atoms with Gasteiger partial charge in [-0.3, -0.25) is 0 Å². The highest BCUT2D eigenvalue weighted by Crippen LogP contribution is 2.39. The lowest BCUT2D eigenvalue weighted by Crippen LogP contribution is -2.38. The van der Waals surface area contributed by atoms with Crippen LogP contribution in [0.15, 0.2) is 5.16 Å². The van der Waals surface area contributed by atoms with Crippen LogP contribution in [-0.4, -0.2) is 11.0 Å². The summed E-state index contributed by atoms with van der Waals surface area (Å²) in [6.45, 7) is 0. The number of amidine groups is 1. The molecule has 0 radical (unpaired) electrons. The van der Waals surface area contributed by atoms with Gasteiger partial charge in [-0.1, -0.05) is 43.7 Å². The standard InChI is InChI=1S/C14H26N2O/c15-14(16-17)13(11-7-3-1-4-8-11)12-9-5-2-6-10-12/h11-13,17H,1-10H2,(H2,15,16). The Hall–Kier alpha value is -0.730. The van der Waals surface area contributed by atoms with Crippen molar-refractivity contribution in [3.63, 3.8) is 0 Å². The van der Waals surface area contributed by atoms with Gasteiger partial charge in [0, 0.05) is 5.92 Å². The molecule has 2 aliphatic rings. The van der Waals surface area contributed by atoms with Crippen LogP contribution in [0.2, 0.25) is 0 Å². The average molecular weight is 238 g/mol. The lowest BCUT2D eigenvalue weighted by Gasteiger charge is -2.36. The minimum Gasteiger partial charge on any atom is -0.409 e. The number of nitrogens with zero attached hydrogens (tertiary/aromatic N) is 1. The topological polar surface area (TPSA) is 58.6 Å². The molecular weight excluding hydrogens is 212 g/mol. The van der Waals surface area contributed by atoms with Gasteiger partial charge in [0.2, 0.25) is 0 Å². The van der Waals surface area contributed by atoms with Gasteiger partial charge >= 0.3 is 0 Å². The summed E-state index contributed by atoms with van der Waals surface area (Å²) in [4.78, 5) is 0. The number of hydrogen-bond acceptors (Lipinski definition) is 2. The SMILES string of the molecule is NC(=NO)C(C1CCCCC1)C1CCCCC1.